The quantitative estimate of drug-likeness (QED) is 0.340. The van der Waals surface area contributed by atoms with Crippen molar-refractivity contribution in [3.63, 3.8) is 0 Å². The van der Waals surface area contributed by atoms with Gasteiger partial charge < -0.3 is 30.0 Å². The molecule has 3 aliphatic heterocycles. The summed E-state index contributed by atoms with van der Waals surface area (Å²) in [6, 6.07) is 26.5. The zero-order valence-electron chi connectivity index (χ0n) is 23.6. The first kappa shape index (κ1) is 28.4. The van der Waals surface area contributed by atoms with Crippen molar-refractivity contribution in [3.05, 3.63) is 102 Å². The van der Waals surface area contributed by atoms with E-state index in [0.29, 0.717) is 19.6 Å². The molecule has 0 aromatic heterocycles. The van der Waals surface area contributed by atoms with Gasteiger partial charge in [-0.3, -0.25) is 9.69 Å². The van der Waals surface area contributed by atoms with Crippen molar-refractivity contribution in [1.82, 2.24) is 10.2 Å². The second kappa shape index (κ2) is 12.2. The number of fused-ring (bicyclic) bond motifs is 2. The van der Waals surface area contributed by atoms with Crippen LogP contribution >= 0.6 is 0 Å². The monoisotopic (exact) mass is 571 g/mol. The van der Waals surface area contributed by atoms with Crippen LogP contribution < -0.4 is 10.6 Å². The first-order valence-electron chi connectivity index (χ1n) is 14.5. The van der Waals surface area contributed by atoms with E-state index in [1.807, 2.05) is 96.8 Å². The van der Waals surface area contributed by atoms with E-state index in [9.17, 15) is 14.7 Å². The minimum atomic E-state index is -1.04. The van der Waals surface area contributed by atoms with Crippen LogP contribution in [0.5, 0.6) is 0 Å². The molecule has 3 aliphatic rings. The van der Waals surface area contributed by atoms with E-state index in [-0.39, 0.29) is 31.3 Å². The molecule has 3 heterocycles. The van der Waals surface area contributed by atoms with Gasteiger partial charge in [0.15, 0.2) is 6.29 Å². The molecule has 6 rings (SSSR count). The highest BCUT2D eigenvalue weighted by Gasteiger charge is 2.48. The molecule has 2 fully saturated rings. The van der Waals surface area contributed by atoms with E-state index in [0.717, 1.165) is 28.8 Å². The lowest BCUT2D eigenvalue weighted by molar-refractivity contribution is -0.128. The summed E-state index contributed by atoms with van der Waals surface area (Å²) >= 11 is 0. The lowest BCUT2D eigenvalue weighted by Gasteiger charge is -2.39. The number of nitrogens with one attached hydrogen (secondary N) is 2. The molecular weight excluding hydrogens is 534 g/mol. The lowest BCUT2D eigenvalue weighted by Crippen LogP contribution is -2.55. The predicted molar refractivity (Wildman–Crippen MR) is 156 cm³/mol. The number of carbonyl (C=O) groups excluding carboxylic acids is 2. The Hall–Kier alpha value is -3.76. The molecule has 3 aromatic carbocycles. The first-order valence-corrected chi connectivity index (χ1v) is 14.5. The summed E-state index contributed by atoms with van der Waals surface area (Å²) < 4.78 is 17.0. The van der Waals surface area contributed by atoms with Crippen molar-refractivity contribution in [2.75, 3.05) is 25.1 Å². The molecule has 2 saturated heterocycles. The fourth-order valence-electron chi connectivity index (χ4n) is 6.28. The summed E-state index contributed by atoms with van der Waals surface area (Å²) in [5, 5.41) is 17.8. The Kier molecular flexibility index (Phi) is 8.26. The molecule has 3 aromatic rings. The zero-order valence-corrected chi connectivity index (χ0v) is 23.6. The summed E-state index contributed by atoms with van der Waals surface area (Å²) in [7, 11) is 0. The van der Waals surface area contributed by atoms with Gasteiger partial charge >= 0.3 is 6.09 Å². The molecule has 9 nitrogen and oxygen atoms in total. The van der Waals surface area contributed by atoms with Gasteiger partial charge in [-0.2, -0.15) is 0 Å². The van der Waals surface area contributed by atoms with Crippen LogP contribution in [0, 0.1) is 5.92 Å². The van der Waals surface area contributed by atoms with Crippen LogP contribution in [0.1, 0.15) is 30.0 Å². The number of alkyl carbamates (subject to hydrolysis) is 1. The van der Waals surface area contributed by atoms with Gasteiger partial charge in [-0.15, -0.1) is 0 Å². The summed E-state index contributed by atoms with van der Waals surface area (Å²) in [6.07, 6.45) is -1.22. The summed E-state index contributed by atoms with van der Waals surface area (Å²) in [5.41, 5.74) is 2.53. The van der Waals surface area contributed by atoms with E-state index < -0.39 is 29.9 Å². The molecule has 0 bridgehead atoms. The maximum Gasteiger partial charge on any atom is 0.407 e. The highest BCUT2D eigenvalue weighted by molar-refractivity contribution is 6.05. The number of ether oxygens (including phenoxy) is 3. The maximum atomic E-state index is 13.5. The number of nitrogens with zero attached hydrogens (tertiary/aromatic N) is 1. The van der Waals surface area contributed by atoms with E-state index in [4.69, 9.17) is 14.2 Å². The number of aliphatic hydroxyl groups is 1. The largest absolute Gasteiger partial charge is 0.443 e. The van der Waals surface area contributed by atoms with E-state index in [1.54, 1.807) is 0 Å². The number of para-hydroxylation sites is 1. The molecule has 1 unspecified atom stereocenters. The zero-order chi connectivity index (χ0) is 29.1. The standard InChI is InChI=1S/C33H37N3O6/c1-33(25-14-8-9-15-26(25)34-31(33)38)36(19-23-12-6-3-7-13-23)20-28(37)27(18-22-10-4-2-5-11-22)35-32(39)42-29-21-41-30-24(29)16-17-40-30/h2-15,24,27-30,37H,16-21H2,1H3,(H,34,38)(H,35,39)/t24-,27-,28+,29-,30+,33?/m0/s1. The Labute approximate surface area is 245 Å². The number of carbonyl (C=O) groups is 2. The highest BCUT2D eigenvalue weighted by atomic mass is 16.7. The molecule has 9 heteroatoms. The van der Waals surface area contributed by atoms with Gasteiger partial charge in [0.05, 0.1) is 31.3 Å². The van der Waals surface area contributed by atoms with Gasteiger partial charge in [0.25, 0.3) is 0 Å². The van der Waals surface area contributed by atoms with Crippen molar-refractivity contribution >= 4 is 17.7 Å². The van der Waals surface area contributed by atoms with Crippen LogP contribution in [0.2, 0.25) is 0 Å². The average Bonchev–Trinajstić information content (AvgIpc) is 3.69. The molecule has 42 heavy (non-hydrogen) atoms. The SMILES string of the molecule is CC1(N(Cc2ccccc2)C[C@@H](O)[C@H](Cc2ccccc2)NC(=O)O[C@H]2CO[C@H]3OCC[C@H]32)C(=O)Nc2ccccc21. The van der Waals surface area contributed by atoms with Crippen LogP contribution in [0.4, 0.5) is 10.5 Å². The number of aliphatic hydroxyl groups excluding tert-OH is 1. The topological polar surface area (TPSA) is 109 Å². The Balaban J connectivity index is 1.25. The Morgan fingerprint density at radius 3 is 2.50 bits per heavy atom. The van der Waals surface area contributed by atoms with Crippen molar-refractivity contribution in [2.45, 2.75) is 56.4 Å². The number of benzene rings is 3. The minimum Gasteiger partial charge on any atom is -0.443 e. The van der Waals surface area contributed by atoms with Crippen LogP contribution in [-0.2, 0) is 37.5 Å². The van der Waals surface area contributed by atoms with Crippen LogP contribution in [0.25, 0.3) is 0 Å². The molecular formula is C33H37N3O6. The Morgan fingerprint density at radius 2 is 1.74 bits per heavy atom. The molecule has 0 saturated carbocycles. The maximum absolute atomic E-state index is 13.5. The second-order valence-electron chi connectivity index (χ2n) is 11.4. The predicted octanol–water partition coefficient (Wildman–Crippen LogP) is 3.82. The molecule has 0 radical (unpaired) electrons. The van der Waals surface area contributed by atoms with Gasteiger partial charge in [-0.05, 0) is 37.0 Å². The summed E-state index contributed by atoms with van der Waals surface area (Å²) in [4.78, 5) is 28.7. The third-order valence-electron chi connectivity index (χ3n) is 8.71. The third-order valence-corrected chi connectivity index (χ3v) is 8.71. The number of anilines is 1. The smallest absolute Gasteiger partial charge is 0.407 e. The Bertz CT molecular complexity index is 1390. The summed E-state index contributed by atoms with van der Waals surface area (Å²) in [5.74, 6) is -0.149. The average molecular weight is 572 g/mol. The number of amides is 2. The van der Waals surface area contributed by atoms with Crippen LogP contribution in [0.15, 0.2) is 84.9 Å². The fraction of sp³-hybridized carbons (Fsp3) is 0.394. The van der Waals surface area contributed by atoms with Crippen molar-refractivity contribution in [3.8, 4) is 0 Å². The number of hydrogen-bond donors (Lipinski definition) is 3. The summed E-state index contributed by atoms with van der Waals surface area (Å²) in [6.45, 7) is 3.29. The van der Waals surface area contributed by atoms with Crippen molar-refractivity contribution in [1.29, 1.82) is 0 Å². The van der Waals surface area contributed by atoms with E-state index in [2.05, 4.69) is 10.6 Å². The minimum absolute atomic E-state index is 0.00973. The number of hydrogen-bond acceptors (Lipinski definition) is 7. The second-order valence-corrected chi connectivity index (χ2v) is 11.4. The third kappa shape index (κ3) is 5.78. The van der Waals surface area contributed by atoms with Crippen LogP contribution in [0.3, 0.4) is 0 Å². The molecule has 0 spiro atoms. The fourth-order valence-corrected chi connectivity index (χ4v) is 6.28. The molecule has 220 valence electrons. The van der Waals surface area contributed by atoms with Gasteiger partial charge in [-0.1, -0.05) is 78.9 Å². The van der Waals surface area contributed by atoms with Crippen LogP contribution in [-0.4, -0.2) is 66.3 Å². The van der Waals surface area contributed by atoms with Gasteiger partial charge in [0, 0.05) is 24.3 Å². The van der Waals surface area contributed by atoms with Crippen molar-refractivity contribution in [2.24, 2.45) is 5.92 Å². The molecule has 3 N–H and O–H groups in total. The van der Waals surface area contributed by atoms with Gasteiger partial charge in [0.2, 0.25) is 5.91 Å². The molecule has 6 atom stereocenters. The van der Waals surface area contributed by atoms with Gasteiger partial charge in [0.1, 0.15) is 11.6 Å². The van der Waals surface area contributed by atoms with E-state index in [1.165, 1.54) is 0 Å². The molecule has 0 aliphatic carbocycles. The van der Waals surface area contributed by atoms with Gasteiger partial charge in [-0.25, -0.2) is 4.79 Å². The lowest BCUT2D eigenvalue weighted by atomic mass is 9.89. The van der Waals surface area contributed by atoms with E-state index >= 15 is 0 Å². The van der Waals surface area contributed by atoms with Crippen molar-refractivity contribution < 1.29 is 28.9 Å². The highest BCUT2D eigenvalue weighted by Crippen LogP contribution is 2.41. The number of rotatable bonds is 10. The normalized spacial score (nSPS) is 25.9. The first-order chi connectivity index (χ1) is 20.4. The molecule has 2 amide bonds. The Morgan fingerprint density at radius 1 is 1.05 bits per heavy atom.